The molecular weight excluding hydrogens is 308 g/mol. The van der Waals surface area contributed by atoms with Crippen LogP contribution in [0.4, 0.5) is 0 Å². The first-order valence-corrected chi connectivity index (χ1v) is 8.19. The van der Waals surface area contributed by atoms with Crippen molar-refractivity contribution < 1.29 is 14.1 Å². The number of hydrogen-bond acceptors (Lipinski definition) is 6. The Morgan fingerprint density at radius 2 is 2.25 bits per heavy atom. The molecule has 0 saturated heterocycles. The van der Waals surface area contributed by atoms with Gasteiger partial charge in [-0.05, 0) is 31.4 Å². The zero-order chi connectivity index (χ0) is 16.9. The molecule has 1 aromatic carbocycles. The largest absolute Gasteiger partial charge is 0.371 e. The number of hydrogen-bond donors (Lipinski definition) is 2. The van der Waals surface area contributed by atoms with Crippen molar-refractivity contribution in [2.24, 2.45) is 0 Å². The van der Waals surface area contributed by atoms with Gasteiger partial charge in [0.15, 0.2) is 5.82 Å². The fraction of sp³-hybridized carbons (Fsp3) is 0.471. The summed E-state index contributed by atoms with van der Waals surface area (Å²) >= 11 is 0. The van der Waals surface area contributed by atoms with Crippen LogP contribution in [0.15, 0.2) is 28.8 Å². The molecule has 128 valence electrons. The minimum Gasteiger partial charge on any atom is -0.371 e. The van der Waals surface area contributed by atoms with Gasteiger partial charge in [0.05, 0.1) is 12.6 Å². The minimum atomic E-state index is -0.246. The van der Waals surface area contributed by atoms with Gasteiger partial charge in [0, 0.05) is 13.2 Å². The summed E-state index contributed by atoms with van der Waals surface area (Å²) in [6, 6.07) is 7.91. The van der Waals surface area contributed by atoms with Gasteiger partial charge in [0.25, 0.3) is 0 Å². The smallest absolute Gasteiger partial charge is 0.246 e. The zero-order valence-electron chi connectivity index (χ0n) is 13.9. The summed E-state index contributed by atoms with van der Waals surface area (Å²) in [5.74, 6) is 0.800. The highest BCUT2D eigenvalue weighted by atomic mass is 16.5. The monoisotopic (exact) mass is 330 g/mol. The normalized spacial score (nSPS) is 18.0. The van der Waals surface area contributed by atoms with E-state index in [4.69, 9.17) is 9.26 Å². The number of nitrogens with zero attached hydrogens (tertiary/aromatic N) is 2. The van der Waals surface area contributed by atoms with Crippen molar-refractivity contribution in [2.75, 3.05) is 6.61 Å². The molecule has 2 atom stereocenters. The molecule has 3 rings (SSSR count). The topological polar surface area (TPSA) is 89.3 Å². The molecule has 0 saturated carbocycles. The lowest BCUT2D eigenvalue weighted by Gasteiger charge is -2.25. The zero-order valence-corrected chi connectivity index (χ0v) is 13.9. The van der Waals surface area contributed by atoms with Gasteiger partial charge in [0.2, 0.25) is 11.8 Å². The van der Waals surface area contributed by atoms with E-state index in [1.807, 2.05) is 26.0 Å². The van der Waals surface area contributed by atoms with Crippen LogP contribution in [0.2, 0.25) is 0 Å². The van der Waals surface area contributed by atoms with E-state index in [-0.39, 0.29) is 24.6 Å². The number of carbonyl (C=O) groups is 1. The van der Waals surface area contributed by atoms with Crippen molar-refractivity contribution in [3.8, 4) is 0 Å². The average molecular weight is 330 g/mol. The Morgan fingerprint density at radius 3 is 3.04 bits per heavy atom. The maximum Gasteiger partial charge on any atom is 0.246 e. The quantitative estimate of drug-likeness (QED) is 0.834. The second-order valence-electron chi connectivity index (χ2n) is 5.77. The Bertz CT molecular complexity index is 701. The molecule has 7 nitrogen and oxygen atoms in total. The van der Waals surface area contributed by atoms with Crippen molar-refractivity contribution in [1.29, 1.82) is 0 Å². The van der Waals surface area contributed by atoms with Crippen LogP contribution in [0.3, 0.4) is 0 Å². The molecule has 1 aliphatic rings. The van der Waals surface area contributed by atoms with Gasteiger partial charge in [-0.2, -0.15) is 4.98 Å². The molecule has 2 heterocycles. The van der Waals surface area contributed by atoms with Crippen LogP contribution in [0, 0.1) is 0 Å². The summed E-state index contributed by atoms with van der Waals surface area (Å²) in [5, 5.41) is 9.97. The van der Waals surface area contributed by atoms with Crippen LogP contribution < -0.4 is 10.6 Å². The fourth-order valence-electron chi connectivity index (χ4n) is 2.76. The summed E-state index contributed by atoms with van der Waals surface area (Å²) in [7, 11) is 0. The molecule has 0 spiro atoms. The number of benzene rings is 1. The summed E-state index contributed by atoms with van der Waals surface area (Å²) in [6.07, 6.45) is 0.457. The van der Waals surface area contributed by atoms with E-state index >= 15 is 0 Å². The molecule has 7 heteroatoms. The number of amides is 1. The van der Waals surface area contributed by atoms with E-state index in [9.17, 15) is 4.79 Å². The van der Waals surface area contributed by atoms with E-state index in [1.54, 1.807) is 0 Å². The fourth-order valence-corrected chi connectivity index (χ4v) is 2.76. The average Bonchev–Trinajstić information content (AvgIpc) is 3.08. The third kappa shape index (κ3) is 3.80. The lowest BCUT2D eigenvalue weighted by atomic mass is 9.95. The molecule has 0 aliphatic carbocycles. The van der Waals surface area contributed by atoms with Gasteiger partial charge < -0.3 is 19.9 Å². The van der Waals surface area contributed by atoms with E-state index in [2.05, 4.69) is 32.9 Å². The summed E-state index contributed by atoms with van der Waals surface area (Å²) in [4.78, 5) is 16.6. The minimum absolute atomic E-state index is 0.0675. The molecule has 0 fully saturated rings. The maximum atomic E-state index is 12.3. The van der Waals surface area contributed by atoms with Gasteiger partial charge in [-0.1, -0.05) is 29.4 Å². The second-order valence-corrected chi connectivity index (χ2v) is 5.77. The van der Waals surface area contributed by atoms with Crippen molar-refractivity contribution >= 4 is 5.91 Å². The molecule has 0 radical (unpaired) electrons. The molecule has 1 amide bonds. The highest BCUT2D eigenvalue weighted by Crippen LogP contribution is 2.16. The molecule has 1 aromatic heterocycles. The highest BCUT2D eigenvalue weighted by Gasteiger charge is 2.24. The van der Waals surface area contributed by atoms with Crippen LogP contribution in [-0.4, -0.2) is 28.7 Å². The first kappa shape index (κ1) is 16.6. The van der Waals surface area contributed by atoms with Gasteiger partial charge >= 0.3 is 0 Å². The van der Waals surface area contributed by atoms with Crippen LogP contribution in [0.5, 0.6) is 0 Å². The SMILES string of the molecule is CCO[C@@H](C)c1noc(CNC(=O)[C@@H]2Cc3ccccc3CN2)n1. The molecular formula is C17H22N4O3. The number of carbonyl (C=O) groups excluding carboxylic acids is 1. The van der Waals surface area contributed by atoms with Crippen molar-refractivity contribution in [3.63, 3.8) is 0 Å². The number of ether oxygens (including phenoxy) is 1. The number of rotatable bonds is 6. The van der Waals surface area contributed by atoms with E-state index in [0.29, 0.717) is 31.3 Å². The van der Waals surface area contributed by atoms with Crippen LogP contribution in [-0.2, 0) is 29.0 Å². The summed E-state index contributed by atoms with van der Waals surface area (Å²) in [5.41, 5.74) is 2.45. The molecule has 0 bridgehead atoms. The van der Waals surface area contributed by atoms with E-state index in [1.165, 1.54) is 11.1 Å². The van der Waals surface area contributed by atoms with Crippen LogP contribution in [0.25, 0.3) is 0 Å². The molecule has 0 unspecified atom stereocenters. The predicted molar refractivity (Wildman–Crippen MR) is 87.0 cm³/mol. The molecule has 2 N–H and O–H groups in total. The predicted octanol–water partition coefficient (Wildman–Crippen LogP) is 1.50. The number of aromatic nitrogens is 2. The standard InChI is InChI=1S/C17H22N4O3/c1-3-23-11(2)16-20-15(24-21-16)10-19-17(22)14-8-12-6-4-5-7-13(12)9-18-14/h4-7,11,14,18H,3,8-10H2,1-2H3,(H,19,22)/t11-,14-/m0/s1. The van der Waals surface area contributed by atoms with Crippen LogP contribution >= 0.6 is 0 Å². The Morgan fingerprint density at radius 1 is 1.46 bits per heavy atom. The number of nitrogens with one attached hydrogen (secondary N) is 2. The lowest BCUT2D eigenvalue weighted by Crippen LogP contribution is -2.47. The van der Waals surface area contributed by atoms with E-state index < -0.39 is 0 Å². The van der Waals surface area contributed by atoms with Gasteiger partial charge in [-0.25, -0.2) is 0 Å². The maximum absolute atomic E-state index is 12.3. The van der Waals surface area contributed by atoms with Crippen molar-refractivity contribution in [3.05, 3.63) is 47.1 Å². The highest BCUT2D eigenvalue weighted by molar-refractivity contribution is 5.82. The molecule has 1 aliphatic heterocycles. The molecule has 24 heavy (non-hydrogen) atoms. The Kier molecular flexibility index (Phi) is 5.22. The third-order valence-electron chi connectivity index (χ3n) is 4.08. The first-order valence-electron chi connectivity index (χ1n) is 8.19. The van der Waals surface area contributed by atoms with Crippen LogP contribution in [0.1, 0.15) is 42.8 Å². The van der Waals surface area contributed by atoms with Crippen molar-refractivity contribution in [2.45, 2.75) is 45.5 Å². The lowest BCUT2D eigenvalue weighted by molar-refractivity contribution is -0.123. The van der Waals surface area contributed by atoms with Gasteiger partial charge in [-0.3, -0.25) is 4.79 Å². The van der Waals surface area contributed by atoms with Gasteiger partial charge in [0.1, 0.15) is 6.10 Å². The second kappa shape index (κ2) is 7.55. The summed E-state index contributed by atoms with van der Waals surface area (Å²) in [6.45, 7) is 5.26. The van der Waals surface area contributed by atoms with Gasteiger partial charge in [-0.15, -0.1) is 0 Å². The number of fused-ring (bicyclic) bond motifs is 1. The first-order chi connectivity index (χ1) is 11.7. The Balaban J connectivity index is 1.53. The summed E-state index contributed by atoms with van der Waals surface area (Å²) < 4.78 is 10.6. The van der Waals surface area contributed by atoms with E-state index in [0.717, 1.165) is 0 Å². The molecule has 2 aromatic rings. The third-order valence-corrected chi connectivity index (χ3v) is 4.08. The van der Waals surface area contributed by atoms with Crippen molar-refractivity contribution in [1.82, 2.24) is 20.8 Å². The Hall–Kier alpha value is -2.25. The Labute approximate surface area is 140 Å².